The topological polar surface area (TPSA) is 51.5 Å². The van der Waals surface area contributed by atoms with Crippen LogP contribution in [0, 0.1) is 19.7 Å². The summed E-state index contributed by atoms with van der Waals surface area (Å²) in [6.45, 7) is 3.70. The lowest BCUT2D eigenvalue weighted by molar-refractivity contribution is -0.123. The Labute approximate surface area is 194 Å². The Morgan fingerprint density at radius 3 is 2.59 bits per heavy atom. The van der Waals surface area contributed by atoms with Crippen LogP contribution in [0.1, 0.15) is 22.5 Å². The molecule has 32 heavy (non-hydrogen) atoms. The van der Waals surface area contributed by atoms with Crippen molar-refractivity contribution < 1.29 is 18.7 Å². The first-order valence-electron chi connectivity index (χ1n) is 9.81. The highest BCUT2D eigenvalue weighted by Crippen LogP contribution is 2.36. The summed E-state index contributed by atoms with van der Waals surface area (Å²) in [5.74, 6) is -0.280. The van der Waals surface area contributed by atoms with Crippen LogP contribution in [0.4, 0.5) is 9.18 Å². The molecule has 0 unspecified atom stereocenters. The molecule has 3 aromatic rings. The van der Waals surface area contributed by atoms with Gasteiger partial charge in [-0.15, -0.1) is 0 Å². The second-order valence-corrected chi connectivity index (χ2v) is 8.73. The van der Waals surface area contributed by atoms with E-state index in [0.717, 1.165) is 45.1 Å². The van der Waals surface area contributed by atoms with Crippen LogP contribution in [-0.4, -0.2) is 27.7 Å². The van der Waals surface area contributed by atoms with Crippen molar-refractivity contribution >= 4 is 40.6 Å². The molecule has 164 valence electrons. The number of aryl methyl sites for hydroxylation is 1. The highest BCUT2D eigenvalue weighted by Gasteiger charge is 2.36. The molecule has 1 aliphatic rings. The van der Waals surface area contributed by atoms with E-state index < -0.39 is 17.0 Å². The number of thioether (sulfide) groups is 1. The zero-order chi connectivity index (χ0) is 23.0. The van der Waals surface area contributed by atoms with Gasteiger partial charge in [-0.3, -0.25) is 14.5 Å². The SMILES string of the molecule is COc1cccc(-n2c(C)cc(/C=C3\SC(=O)N(Cc4c(F)cccc4Cl)C3=O)c2C)c1. The van der Waals surface area contributed by atoms with Gasteiger partial charge >= 0.3 is 0 Å². The standard InChI is InChI=1S/C24H20ClFN2O3S/c1-14-10-16(15(2)28(14)17-6-4-7-18(12-17)31-3)11-22-23(29)27(24(30)32-22)13-19-20(25)8-5-9-21(19)26/h4-12H,13H2,1-3H3/b22-11-. The smallest absolute Gasteiger partial charge is 0.293 e. The normalized spacial score (nSPS) is 15.2. The summed E-state index contributed by atoms with van der Waals surface area (Å²) in [6.07, 6.45) is 1.70. The molecule has 2 heterocycles. The maximum absolute atomic E-state index is 14.2. The predicted octanol–water partition coefficient (Wildman–Crippen LogP) is 6.13. The first-order valence-corrected chi connectivity index (χ1v) is 11.0. The fraction of sp³-hybridized carbons (Fsp3) is 0.167. The van der Waals surface area contributed by atoms with Crippen molar-refractivity contribution in [3.05, 3.63) is 86.8 Å². The van der Waals surface area contributed by atoms with Crippen LogP contribution < -0.4 is 4.74 Å². The summed E-state index contributed by atoms with van der Waals surface area (Å²) in [6, 6.07) is 13.9. The van der Waals surface area contributed by atoms with E-state index in [1.54, 1.807) is 13.2 Å². The van der Waals surface area contributed by atoms with Crippen molar-refractivity contribution in [3.63, 3.8) is 0 Å². The van der Waals surface area contributed by atoms with E-state index in [9.17, 15) is 14.0 Å². The molecule has 8 heteroatoms. The number of methoxy groups -OCH3 is 1. The number of aromatic nitrogens is 1. The van der Waals surface area contributed by atoms with Crippen LogP contribution in [-0.2, 0) is 11.3 Å². The molecule has 1 saturated heterocycles. The van der Waals surface area contributed by atoms with Gasteiger partial charge in [0.25, 0.3) is 11.1 Å². The van der Waals surface area contributed by atoms with E-state index in [1.807, 2.05) is 44.2 Å². The minimum Gasteiger partial charge on any atom is -0.497 e. The molecule has 0 bridgehead atoms. The number of halogens is 2. The number of nitrogens with zero attached hydrogens (tertiary/aromatic N) is 2. The summed E-state index contributed by atoms with van der Waals surface area (Å²) in [5, 5.41) is -0.281. The van der Waals surface area contributed by atoms with Crippen LogP contribution in [0.3, 0.4) is 0 Å². The number of hydrogen-bond acceptors (Lipinski definition) is 4. The zero-order valence-electron chi connectivity index (χ0n) is 17.7. The van der Waals surface area contributed by atoms with Gasteiger partial charge in [0.1, 0.15) is 11.6 Å². The minimum absolute atomic E-state index is 0.119. The van der Waals surface area contributed by atoms with Crippen molar-refractivity contribution in [1.29, 1.82) is 0 Å². The van der Waals surface area contributed by atoms with Gasteiger partial charge in [0.2, 0.25) is 0 Å². The molecule has 0 aliphatic carbocycles. The Morgan fingerprint density at radius 2 is 1.88 bits per heavy atom. The van der Waals surface area contributed by atoms with Crippen molar-refractivity contribution in [3.8, 4) is 11.4 Å². The van der Waals surface area contributed by atoms with E-state index >= 15 is 0 Å². The molecule has 0 spiro atoms. The second-order valence-electron chi connectivity index (χ2n) is 7.33. The Bertz CT molecular complexity index is 1250. The molecule has 1 fully saturated rings. The van der Waals surface area contributed by atoms with Crippen molar-refractivity contribution in [2.24, 2.45) is 0 Å². The summed E-state index contributed by atoms with van der Waals surface area (Å²) < 4.78 is 21.5. The van der Waals surface area contributed by atoms with Gasteiger partial charge in [0.05, 0.1) is 18.6 Å². The molecule has 2 amide bonds. The Kier molecular flexibility index (Phi) is 6.13. The number of amides is 2. The second kappa shape index (κ2) is 8.84. The van der Waals surface area contributed by atoms with Crippen molar-refractivity contribution in [2.75, 3.05) is 7.11 Å². The summed E-state index contributed by atoms with van der Waals surface area (Å²) >= 11 is 6.90. The third-order valence-corrected chi connectivity index (χ3v) is 6.58. The molecule has 0 radical (unpaired) electrons. The van der Waals surface area contributed by atoms with Crippen molar-refractivity contribution in [2.45, 2.75) is 20.4 Å². The third-order valence-electron chi connectivity index (χ3n) is 5.32. The van der Waals surface area contributed by atoms with Gasteiger partial charge in [-0.2, -0.15) is 0 Å². The van der Waals surface area contributed by atoms with Gasteiger partial charge in [-0.1, -0.05) is 23.7 Å². The van der Waals surface area contributed by atoms with Gasteiger partial charge in [0, 0.05) is 33.7 Å². The molecule has 1 aromatic heterocycles. The summed E-state index contributed by atoms with van der Waals surface area (Å²) in [4.78, 5) is 26.7. The van der Waals surface area contributed by atoms with Gasteiger partial charge < -0.3 is 9.30 Å². The number of hydrogen-bond donors (Lipinski definition) is 0. The molecule has 0 N–H and O–H groups in total. The molecule has 5 nitrogen and oxygen atoms in total. The largest absolute Gasteiger partial charge is 0.497 e. The highest BCUT2D eigenvalue weighted by molar-refractivity contribution is 8.18. The molecule has 4 rings (SSSR count). The van der Waals surface area contributed by atoms with E-state index in [0.29, 0.717) is 0 Å². The van der Waals surface area contributed by atoms with Crippen LogP contribution in [0.15, 0.2) is 53.4 Å². The van der Waals surface area contributed by atoms with Crippen LogP contribution in [0.2, 0.25) is 5.02 Å². The first kappa shape index (κ1) is 22.2. The Morgan fingerprint density at radius 1 is 1.12 bits per heavy atom. The molecular weight excluding hydrogens is 451 g/mol. The first-order chi connectivity index (χ1) is 15.3. The number of ether oxygens (including phenoxy) is 1. The van der Waals surface area contributed by atoms with E-state index in [1.165, 1.54) is 18.2 Å². The fourth-order valence-electron chi connectivity index (χ4n) is 3.70. The quantitative estimate of drug-likeness (QED) is 0.421. The Balaban J connectivity index is 1.65. The van der Waals surface area contributed by atoms with Gasteiger partial charge in [-0.25, -0.2) is 4.39 Å². The average molecular weight is 471 g/mol. The van der Waals surface area contributed by atoms with Gasteiger partial charge in [0.15, 0.2) is 0 Å². The van der Waals surface area contributed by atoms with Gasteiger partial charge in [-0.05, 0) is 67.6 Å². The predicted molar refractivity (Wildman–Crippen MR) is 125 cm³/mol. The monoisotopic (exact) mass is 470 g/mol. The van der Waals surface area contributed by atoms with E-state index in [2.05, 4.69) is 4.57 Å². The lowest BCUT2D eigenvalue weighted by atomic mass is 10.2. The lowest BCUT2D eigenvalue weighted by Crippen LogP contribution is -2.28. The number of carbonyl (C=O) groups excluding carboxylic acids is 2. The molecule has 2 aromatic carbocycles. The maximum Gasteiger partial charge on any atom is 0.293 e. The highest BCUT2D eigenvalue weighted by atomic mass is 35.5. The zero-order valence-corrected chi connectivity index (χ0v) is 19.3. The molecule has 1 aliphatic heterocycles. The third kappa shape index (κ3) is 4.06. The summed E-state index contributed by atoms with van der Waals surface area (Å²) in [7, 11) is 1.62. The van der Waals surface area contributed by atoms with Crippen LogP contribution >= 0.6 is 23.4 Å². The average Bonchev–Trinajstić information content (AvgIpc) is 3.19. The maximum atomic E-state index is 14.2. The summed E-state index contributed by atoms with van der Waals surface area (Å²) in [5.41, 5.74) is 3.76. The van der Waals surface area contributed by atoms with Crippen LogP contribution in [0.25, 0.3) is 11.8 Å². The van der Waals surface area contributed by atoms with E-state index in [4.69, 9.17) is 16.3 Å². The van der Waals surface area contributed by atoms with Crippen LogP contribution in [0.5, 0.6) is 5.75 Å². The minimum atomic E-state index is -0.553. The fourth-order valence-corrected chi connectivity index (χ4v) is 4.75. The number of carbonyl (C=O) groups is 2. The lowest BCUT2D eigenvalue weighted by Gasteiger charge is -2.14. The van der Waals surface area contributed by atoms with E-state index in [-0.39, 0.29) is 22.0 Å². The molecule has 0 saturated carbocycles. The van der Waals surface area contributed by atoms with Crippen molar-refractivity contribution in [1.82, 2.24) is 9.47 Å². The number of imide groups is 1. The Hall–Kier alpha value is -3.03. The number of rotatable bonds is 5. The molecular formula is C24H20ClFN2O3S. The molecule has 0 atom stereocenters. The number of benzene rings is 2.